The molecule has 5 nitrogen and oxygen atoms in total. The lowest BCUT2D eigenvalue weighted by Crippen LogP contribution is -2.17. The second-order valence-electron chi connectivity index (χ2n) is 5.74. The Morgan fingerprint density at radius 3 is 2.83 bits per heavy atom. The van der Waals surface area contributed by atoms with Gasteiger partial charge in [-0.25, -0.2) is 0 Å². The number of hydrogen-bond acceptors (Lipinski definition) is 4. The van der Waals surface area contributed by atoms with E-state index in [1.165, 1.54) is 6.20 Å². The monoisotopic (exact) mass is 330 g/mol. The van der Waals surface area contributed by atoms with Crippen LogP contribution in [0.4, 0.5) is 5.69 Å². The molecule has 0 saturated carbocycles. The van der Waals surface area contributed by atoms with Gasteiger partial charge in [0.25, 0.3) is 0 Å². The van der Waals surface area contributed by atoms with Crippen molar-refractivity contribution in [3.8, 4) is 6.07 Å². The fourth-order valence-electron chi connectivity index (χ4n) is 2.29. The fraction of sp³-hybridized carbons (Fsp3) is 0.353. The largest absolute Gasteiger partial charge is 0.326 e. The molecule has 0 atom stereocenters. The molecule has 0 aliphatic heterocycles. The van der Waals surface area contributed by atoms with E-state index in [0.717, 1.165) is 18.5 Å². The number of nitrogens with zero attached hydrogens (tertiary/aromatic N) is 3. The van der Waals surface area contributed by atoms with Gasteiger partial charge in [-0.05, 0) is 51.7 Å². The maximum absolute atomic E-state index is 12.1. The number of carbonyl (C=O) groups excluding carboxylic acids is 1. The van der Waals surface area contributed by atoms with Crippen molar-refractivity contribution in [1.82, 2.24) is 9.88 Å². The Balaban J connectivity index is 2.24. The maximum Gasteiger partial charge on any atom is 0.224 e. The zero-order chi connectivity index (χ0) is 17.0. The van der Waals surface area contributed by atoms with Crippen molar-refractivity contribution in [2.24, 2.45) is 0 Å². The summed E-state index contributed by atoms with van der Waals surface area (Å²) in [7, 11) is 3.96. The minimum absolute atomic E-state index is 0.0326. The number of aromatic nitrogens is 1. The number of fused-ring (bicyclic) bond motifs is 1. The van der Waals surface area contributed by atoms with Gasteiger partial charge >= 0.3 is 0 Å². The zero-order valence-electron chi connectivity index (χ0n) is 13.5. The van der Waals surface area contributed by atoms with Crippen molar-refractivity contribution in [3.05, 3.63) is 34.5 Å². The van der Waals surface area contributed by atoms with Crippen LogP contribution < -0.4 is 5.32 Å². The van der Waals surface area contributed by atoms with E-state index < -0.39 is 0 Å². The first-order valence-electron chi connectivity index (χ1n) is 7.36. The number of rotatable bonds is 5. The Kier molecular flexibility index (Phi) is 5.54. The number of pyridine rings is 1. The summed E-state index contributed by atoms with van der Waals surface area (Å²) >= 11 is 6.24. The molecule has 0 saturated heterocycles. The maximum atomic E-state index is 12.1. The average Bonchev–Trinajstić information content (AvgIpc) is 2.49. The van der Waals surface area contributed by atoms with Crippen molar-refractivity contribution >= 4 is 34.1 Å². The van der Waals surface area contributed by atoms with Crippen molar-refractivity contribution in [1.29, 1.82) is 5.26 Å². The van der Waals surface area contributed by atoms with Gasteiger partial charge in [-0.15, -0.1) is 0 Å². The van der Waals surface area contributed by atoms with Gasteiger partial charge in [0.1, 0.15) is 6.07 Å². The zero-order valence-corrected chi connectivity index (χ0v) is 14.2. The van der Waals surface area contributed by atoms with Crippen LogP contribution >= 0.6 is 11.6 Å². The van der Waals surface area contributed by atoms with E-state index >= 15 is 0 Å². The van der Waals surface area contributed by atoms with E-state index in [9.17, 15) is 4.79 Å². The summed E-state index contributed by atoms with van der Waals surface area (Å²) in [5, 5.41) is 13.0. The van der Waals surface area contributed by atoms with Crippen molar-refractivity contribution in [3.63, 3.8) is 0 Å². The molecule has 2 rings (SSSR count). The first kappa shape index (κ1) is 17.2. The number of benzene rings is 1. The molecule has 0 aliphatic carbocycles. The highest BCUT2D eigenvalue weighted by Gasteiger charge is 2.11. The van der Waals surface area contributed by atoms with Crippen LogP contribution in [0.15, 0.2) is 18.3 Å². The molecular weight excluding hydrogens is 312 g/mol. The number of carbonyl (C=O) groups is 1. The van der Waals surface area contributed by atoms with Crippen LogP contribution in [-0.4, -0.2) is 36.4 Å². The second-order valence-corrected chi connectivity index (χ2v) is 6.11. The number of anilines is 1. The van der Waals surface area contributed by atoms with Gasteiger partial charge in [0, 0.05) is 23.7 Å². The molecule has 6 heteroatoms. The number of amides is 1. The van der Waals surface area contributed by atoms with Crippen molar-refractivity contribution in [2.75, 3.05) is 26.0 Å². The lowest BCUT2D eigenvalue weighted by Gasteiger charge is -2.12. The Labute approximate surface area is 140 Å². The van der Waals surface area contributed by atoms with Crippen molar-refractivity contribution in [2.45, 2.75) is 19.8 Å². The van der Waals surface area contributed by atoms with E-state index in [4.69, 9.17) is 16.9 Å². The molecule has 0 radical (unpaired) electrons. The Morgan fingerprint density at radius 1 is 1.43 bits per heavy atom. The number of hydrogen-bond donors (Lipinski definition) is 1. The molecule has 0 aliphatic rings. The lowest BCUT2D eigenvalue weighted by atomic mass is 10.1. The highest BCUT2D eigenvalue weighted by Crippen LogP contribution is 2.30. The quantitative estimate of drug-likeness (QED) is 0.912. The molecule has 0 bridgehead atoms. The molecule has 2 aromatic rings. The van der Waals surface area contributed by atoms with Gasteiger partial charge in [-0.2, -0.15) is 5.26 Å². The van der Waals surface area contributed by atoms with Crippen LogP contribution in [0.5, 0.6) is 0 Å². The number of halogens is 1. The highest BCUT2D eigenvalue weighted by atomic mass is 35.5. The number of nitrogens with one attached hydrogen (secondary N) is 1. The Bertz CT molecular complexity index is 780. The van der Waals surface area contributed by atoms with Gasteiger partial charge in [0.05, 0.1) is 16.1 Å². The molecule has 0 fully saturated rings. The molecule has 1 heterocycles. The minimum atomic E-state index is -0.0326. The standard InChI is InChI=1S/C17H19ClN4O/c1-11-7-15-13(17(18)12(9-19)10-20-15)8-14(11)21-16(23)5-4-6-22(2)3/h7-8,10H,4-6H2,1-3H3,(H,21,23). The molecule has 120 valence electrons. The predicted octanol–water partition coefficient (Wildman–Crippen LogP) is 3.35. The smallest absolute Gasteiger partial charge is 0.224 e. The third-order valence-corrected chi connectivity index (χ3v) is 3.96. The highest BCUT2D eigenvalue weighted by molar-refractivity contribution is 6.36. The van der Waals surface area contributed by atoms with E-state index in [1.54, 1.807) is 6.07 Å². The molecular formula is C17H19ClN4O. The molecule has 1 N–H and O–H groups in total. The van der Waals surface area contributed by atoms with Crippen LogP contribution in [0.25, 0.3) is 10.9 Å². The average molecular weight is 331 g/mol. The SMILES string of the molecule is Cc1cc2ncc(C#N)c(Cl)c2cc1NC(=O)CCCN(C)C. The lowest BCUT2D eigenvalue weighted by molar-refractivity contribution is -0.116. The first-order valence-corrected chi connectivity index (χ1v) is 7.73. The van der Waals surface area contributed by atoms with Gasteiger partial charge in [0.2, 0.25) is 5.91 Å². The van der Waals surface area contributed by atoms with Gasteiger partial charge in [-0.1, -0.05) is 11.6 Å². The molecule has 1 amide bonds. The summed E-state index contributed by atoms with van der Waals surface area (Å²) in [6.07, 6.45) is 2.72. The summed E-state index contributed by atoms with van der Waals surface area (Å²) in [5.41, 5.74) is 2.64. The molecule has 0 unspecified atom stereocenters. The Hall–Kier alpha value is -2.16. The summed E-state index contributed by atoms with van der Waals surface area (Å²) in [5.74, 6) is -0.0326. The topological polar surface area (TPSA) is 69.0 Å². The number of aryl methyl sites for hydroxylation is 1. The Morgan fingerprint density at radius 2 is 2.17 bits per heavy atom. The third-order valence-electron chi connectivity index (χ3n) is 3.55. The van der Waals surface area contributed by atoms with E-state index in [0.29, 0.717) is 33.6 Å². The normalized spacial score (nSPS) is 10.8. The van der Waals surface area contributed by atoms with E-state index in [2.05, 4.69) is 10.3 Å². The molecule has 23 heavy (non-hydrogen) atoms. The second kappa shape index (κ2) is 7.40. The predicted molar refractivity (Wildman–Crippen MR) is 92.6 cm³/mol. The van der Waals surface area contributed by atoms with Crippen LogP contribution in [0.1, 0.15) is 24.0 Å². The van der Waals surface area contributed by atoms with Crippen LogP contribution in [-0.2, 0) is 4.79 Å². The van der Waals surface area contributed by atoms with Crippen LogP contribution in [0.3, 0.4) is 0 Å². The van der Waals surface area contributed by atoms with Gasteiger partial charge in [0.15, 0.2) is 0 Å². The summed E-state index contributed by atoms with van der Waals surface area (Å²) < 4.78 is 0. The van der Waals surface area contributed by atoms with Gasteiger partial charge in [-0.3, -0.25) is 9.78 Å². The molecule has 1 aromatic heterocycles. The fourth-order valence-corrected chi connectivity index (χ4v) is 2.53. The van der Waals surface area contributed by atoms with E-state index in [-0.39, 0.29) is 5.91 Å². The first-order chi connectivity index (χ1) is 10.9. The summed E-state index contributed by atoms with van der Waals surface area (Å²) in [6.45, 7) is 2.77. The van der Waals surface area contributed by atoms with Gasteiger partial charge < -0.3 is 10.2 Å². The van der Waals surface area contributed by atoms with Crippen LogP contribution in [0.2, 0.25) is 5.02 Å². The third kappa shape index (κ3) is 4.19. The number of nitriles is 1. The molecule has 1 aromatic carbocycles. The van der Waals surface area contributed by atoms with Crippen LogP contribution in [0, 0.1) is 18.3 Å². The summed E-state index contributed by atoms with van der Waals surface area (Å²) in [4.78, 5) is 18.3. The van der Waals surface area contributed by atoms with Crippen molar-refractivity contribution < 1.29 is 4.79 Å². The minimum Gasteiger partial charge on any atom is -0.326 e. The summed E-state index contributed by atoms with van der Waals surface area (Å²) in [6, 6.07) is 5.66. The molecule has 0 spiro atoms. The van der Waals surface area contributed by atoms with E-state index in [1.807, 2.05) is 38.1 Å².